The van der Waals surface area contributed by atoms with Crippen molar-refractivity contribution in [2.24, 2.45) is 11.7 Å². The van der Waals surface area contributed by atoms with Gasteiger partial charge < -0.3 is 20.4 Å². The Balaban J connectivity index is 0.00000160. The summed E-state index contributed by atoms with van der Waals surface area (Å²) in [6, 6.07) is 17.7. The molecular formula is C22H28Cl2N4O2. The third kappa shape index (κ3) is 5.45. The third-order valence-electron chi connectivity index (χ3n) is 5.45. The van der Waals surface area contributed by atoms with E-state index in [-0.39, 0.29) is 43.3 Å². The van der Waals surface area contributed by atoms with Gasteiger partial charge >= 0.3 is 0 Å². The number of halogens is 2. The van der Waals surface area contributed by atoms with Crippen molar-refractivity contribution < 1.29 is 9.53 Å². The number of carbonyl (C=O) groups excluding carboxylic acids is 1. The van der Waals surface area contributed by atoms with Crippen LogP contribution in [0.2, 0.25) is 0 Å². The van der Waals surface area contributed by atoms with Crippen LogP contribution in [-0.4, -0.2) is 28.0 Å². The first-order chi connectivity index (χ1) is 13.7. The van der Waals surface area contributed by atoms with Gasteiger partial charge in [0.2, 0.25) is 5.91 Å². The van der Waals surface area contributed by atoms with Crippen molar-refractivity contribution in [1.82, 2.24) is 14.9 Å². The standard InChI is InChI=1S/C22H26N4O2.2ClH/c23-13-16-7-6-11-18(16)25-22(27)14-26-20-12-5-4-10-19(20)24-21(26)15-28-17-8-2-1-3-9-17;;/h1-5,8-10,12,16,18H,6-7,11,13-15,23H2,(H,25,27);2*1H. The van der Waals surface area contributed by atoms with Gasteiger partial charge in [-0.05, 0) is 49.6 Å². The average molecular weight is 451 g/mol. The zero-order chi connectivity index (χ0) is 19.3. The molecule has 6 nitrogen and oxygen atoms in total. The van der Waals surface area contributed by atoms with Crippen LogP contribution in [0.3, 0.4) is 0 Å². The highest BCUT2D eigenvalue weighted by molar-refractivity contribution is 5.85. The summed E-state index contributed by atoms with van der Waals surface area (Å²) >= 11 is 0. The van der Waals surface area contributed by atoms with Crippen molar-refractivity contribution in [3.05, 3.63) is 60.4 Å². The van der Waals surface area contributed by atoms with Gasteiger partial charge in [-0.2, -0.15) is 0 Å². The number of imidazole rings is 1. The van der Waals surface area contributed by atoms with Crippen LogP contribution >= 0.6 is 24.8 Å². The summed E-state index contributed by atoms with van der Waals surface area (Å²) in [7, 11) is 0. The lowest BCUT2D eigenvalue weighted by Gasteiger charge is -2.20. The molecule has 0 saturated heterocycles. The van der Waals surface area contributed by atoms with Crippen LogP contribution in [0.25, 0.3) is 11.0 Å². The van der Waals surface area contributed by atoms with Gasteiger partial charge in [0.1, 0.15) is 24.7 Å². The van der Waals surface area contributed by atoms with Gasteiger partial charge in [-0.1, -0.05) is 36.8 Å². The molecule has 4 rings (SSSR count). The molecule has 8 heteroatoms. The number of para-hydroxylation sites is 3. The minimum atomic E-state index is -0.00513. The second kappa shape index (κ2) is 11.2. The van der Waals surface area contributed by atoms with Crippen LogP contribution in [0.15, 0.2) is 54.6 Å². The second-order valence-corrected chi connectivity index (χ2v) is 7.31. The molecule has 3 aromatic rings. The number of nitrogens with one attached hydrogen (secondary N) is 1. The maximum atomic E-state index is 12.8. The molecule has 0 bridgehead atoms. The molecule has 1 aromatic heterocycles. The molecule has 1 saturated carbocycles. The third-order valence-corrected chi connectivity index (χ3v) is 5.45. The number of nitrogens with two attached hydrogens (primary N) is 1. The molecule has 1 heterocycles. The fraction of sp³-hybridized carbons (Fsp3) is 0.364. The highest BCUT2D eigenvalue weighted by atomic mass is 35.5. The summed E-state index contributed by atoms with van der Waals surface area (Å²) in [5.41, 5.74) is 7.65. The summed E-state index contributed by atoms with van der Waals surface area (Å²) in [4.78, 5) is 17.4. The zero-order valence-electron chi connectivity index (χ0n) is 16.7. The smallest absolute Gasteiger partial charge is 0.240 e. The van der Waals surface area contributed by atoms with Gasteiger partial charge in [0, 0.05) is 6.04 Å². The fourth-order valence-corrected chi connectivity index (χ4v) is 3.98. The molecule has 0 aliphatic heterocycles. The van der Waals surface area contributed by atoms with Crippen LogP contribution in [0, 0.1) is 5.92 Å². The Bertz CT molecular complexity index is 949. The van der Waals surface area contributed by atoms with Gasteiger partial charge in [0.05, 0.1) is 11.0 Å². The Morgan fingerprint density at radius 3 is 2.60 bits per heavy atom. The largest absolute Gasteiger partial charge is 0.486 e. The van der Waals surface area contributed by atoms with E-state index >= 15 is 0 Å². The Morgan fingerprint density at radius 2 is 1.83 bits per heavy atom. The molecule has 3 N–H and O–H groups in total. The first-order valence-electron chi connectivity index (χ1n) is 9.86. The summed E-state index contributed by atoms with van der Waals surface area (Å²) in [6.45, 7) is 1.15. The van der Waals surface area contributed by atoms with E-state index in [2.05, 4.69) is 10.3 Å². The van der Waals surface area contributed by atoms with E-state index in [1.54, 1.807) is 0 Å². The van der Waals surface area contributed by atoms with E-state index < -0.39 is 0 Å². The summed E-state index contributed by atoms with van der Waals surface area (Å²) in [6.07, 6.45) is 3.21. The number of amides is 1. The first-order valence-corrected chi connectivity index (χ1v) is 9.86. The Morgan fingerprint density at radius 1 is 1.10 bits per heavy atom. The number of carbonyl (C=O) groups is 1. The highest BCUT2D eigenvalue weighted by Gasteiger charge is 2.27. The minimum absolute atomic E-state index is 0. The van der Waals surface area contributed by atoms with Crippen molar-refractivity contribution in [3.8, 4) is 5.75 Å². The topological polar surface area (TPSA) is 82.2 Å². The van der Waals surface area contributed by atoms with Gasteiger partial charge in [0.15, 0.2) is 0 Å². The normalized spacial score (nSPS) is 17.8. The average Bonchev–Trinajstić information content (AvgIpc) is 3.31. The molecule has 1 aliphatic carbocycles. The van der Waals surface area contributed by atoms with Crippen LogP contribution in [0.1, 0.15) is 25.1 Å². The number of hydrogen-bond donors (Lipinski definition) is 2. The van der Waals surface area contributed by atoms with Crippen LogP contribution in [-0.2, 0) is 17.9 Å². The quantitative estimate of drug-likeness (QED) is 0.574. The number of nitrogens with zero attached hydrogens (tertiary/aromatic N) is 2. The number of aromatic nitrogens is 2. The molecule has 1 aliphatic rings. The maximum Gasteiger partial charge on any atom is 0.240 e. The van der Waals surface area contributed by atoms with Crippen LogP contribution in [0.5, 0.6) is 5.75 Å². The van der Waals surface area contributed by atoms with E-state index in [0.29, 0.717) is 19.1 Å². The Hall–Kier alpha value is -2.28. The fourth-order valence-electron chi connectivity index (χ4n) is 3.98. The molecule has 1 amide bonds. The van der Waals surface area contributed by atoms with Gasteiger partial charge in [-0.15, -0.1) is 24.8 Å². The van der Waals surface area contributed by atoms with E-state index in [1.807, 2.05) is 59.2 Å². The molecule has 1 fully saturated rings. The number of ether oxygens (including phenoxy) is 1. The zero-order valence-corrected chi connectivity index (χ0v) is 18.3. The SMILES string of the molecule is Cl.Cl.NCC1CCCC1NC(=O)Cn1c(COc2ccccc2)nc2ccccc21. The number of rotatable bonds is 7. The van der Waals surface area contributed by atoms with Crippen molar-refractivity contribution in [3.63, 3.8) is 0 Å². The summed E-state index contributed by atoms with van der Waals surface area (Å²) in [5, 5.41) is 3.18. The molecule has 2 atom stereocenters. The molecule has 0 radical (unpaired) electrons. The highest BCUT2D eigenvalue weighted by Crippen LogP contribution is 2.25. The van der Waals surface area contributed by atoms with Gasteiger partial charge in [-0.3, -0.25) is 4.79 Å². The maximum absolute atomic E-state index is 12.8. The van der Waals surface area contributed by atoms with Crippen molar-refractivity contribution in [1.29, 1.82) is 0 Å². The lowest BCUT2D eigenvalue weighted by molar-refractivity contribution is -0.122. The number of hydrogen-bond acceptors (Lipinski definition) is 4. The Kier molecular flexibility index (Phi) is 8.96. The van der Waals surface area contributed by atoms with Gasteiger partial charge in [-0.25, -0.2) is 4.98 Å². The predicted octanol–water partition coefficient (Wildman–Crippen LogP) is 3.70. The van der Waals surface area contributed by atoms with E-state index in [1.165, 1.54) is 0 Å². The number of fused-ring (bicyclic) bond motifs is 1. The van der Waals surface area contributed by atoms with Crippen LogP contribution < -0.4 is 15.8 Å². The monoisotopic (exact) mass is 450 g/mol. The minimum Gasteiger partial charge on any atom is -0.486 e. The first kappa shape index (κ1) is 24.0. The van der Waals surface area contributed by atoms with E-state index in [9.17, 15) is 4.79 Å². The molecule has 2 aromatic carbocycles. The van der Waals surface area contributed by atoms with E-state index in [0.717, 1.165) is 41.9 Å². The second-order valence-electron chi connectivity index (χ2n) is 7.31. The van der Waals surface area contributed by atoms with Crippen molar-refractivity contribution >= 4 is 41.8 Å². The molecule has 2 unspecified atom stereocenters. The molecule has 30 heavy (non-hydrogen) atoms. The molecule has 0 spiro atoms. The lowest BCUT2D eigenvalue weighted by atomic mass is 10.0. The molecular weight excluding hydrogens is 423 g/mol. The summed E-state index contributed by atoms with van der Waals surface area (Å²) in [5.74, 6) is 1.89. The Labute approximate surface area is 189 Å². The van der Waals surface area contributed by atoms with Crippen molar-refractivity contribution in [2.75, 3.05) is 6.54 Å². The lowest BCUT2D eigenvalue weighted by Crippen LogP contribution is -2.41. The molecule has 162 valence electrons. The predicted molar refractivity (Wildman–Crippen MR) is 123 cm³/mol. The summed E-state index contributed by atoms with van der Waals surface area (Å²) < 4.78 is 7.82. The van der Waals surface area contributed by atoms with Gasteiger partial charge in [0.25, 0.3) is 0 Å². The van der Waals surface area contributed by atoms with Crippen molar-refractivity contribution in [2.45, 2.75) is 38.5 Å². The van der Waals surface area contributed by atoms with E-state index in [4.69, 9.17) is 10.5 Å². The number of benzene rings is 2. The van der Waals surface area contributed by atoms with Crippen LogP contribution in [0.4, 0.5) is 0 Å².